The second-order valence-electron chi connectivity index (χ2n) is 5.03. The zero-order valence-electron chi connectivity index (χ0n) is 12.8. The van der Waals surface area contributed by atoms with Crippen LogP contribution in [-0.4, -0.2) is 18.2 Å². The van der Waals surface area contributed by atoms with E-state index >= 15 is 0 Å². The Morgan fingerprint density at radius 1 is 1.12 bits per heavy atom. The first-order valence-corrected chi connectivity index (χ1v) is 9.00. The van der Waals surface area contributed by atoms with E-state index in [0.29, 0.717) is 17.3 Å². The van der Waals surface area contributed by atoms with Crippen LogP contribution in [0.4, 0.5) is 0 Å². The fourth-order valence-corrected chi connectivity index (χ4v) is 3.14. The largest absolute Gasteiger partial charge is 0.468 e. The van der Waals surface area contributed by atoms with Gasteiger partial charge in [-0.25, -0.2) is 0 Å². The highest BCUT2D eigenvalue weighted by atomic mass is 35.5. The molecule has 124 valence electrons. The van der Waals surface area contributed by atoms with Crippen molar-refractivity contribution in [3.05, 3.63) is 71.3 Å². The van der Waals surface area contributed by atoms with Gasteiger partial charge in [-0.05, 0) is 36.4 Å². The summed E-state index contributed by atoms with van der Waals surface area (Å²) < 4.78 is 10.9. The number of rotatable bonds is 7. The summed E-state index contributed by atoms with van der Waals surface area (Å²) in [7, 11) is 0. The number of nitrogens with one attached hydrogen (secondary N) is 1. The first kappa shape index (κ1) is 16.7. The smallest absolute Gasteiger partial charge is 0.287 e. The average Bonchev–Trinajstić information content (AvgIpc) is 3.26. The Morgan fingerprint density at radius 2 is 2.00 bits per heavy atom. The standard InChI is InChI=1S/C18H16ClNO3S/c19-15-6-2-1-5-14(15)16-7-8-17(23-16)18(21)20-9-11-24-12-13-4-3-10-22-13/h1-8,10H,9,11-12H2,(H,20,21). The molecular weight excluding hydrogens is 346 g/mol. The van der Waals surface area contributed by atoms with Crippen LogP contribution in [-0.2, 0) is 5.75 Å². The lowest BCUT2D eigenvalue weighted by Crippen LogP contribution is -2.25. The van der Waals surface area contributed by atoms with Crippen molar-refractivity contribution in [1.29, 1.82) is 0 Å². The predicted octanol–water partition coefficient (Wildman–Crippen LogP) is 4.86. The van der Waals surface area contributed by atoms with Crippen molar-refractivity contribution in [1.82, 2.24) is 5.32 Å². The summed E-state index contributed by atoms with van der Waals surface area (Å²) in [6.07, 6.45) is 1.66. The number of carbonyl (C=O) groups is 1. The van der Waals surface area contributed by atoms with E-state index in [-0.39, 0.29) is 11.7 Å². The van der Waals surface area contributed by atoms with Gasteiger partial charge in [-0.1, -0.05) is 23.7 Å². The Hall–Kier alpha value is -2.11. The maximum absolute atomic E-state index is 12.1. The van der Waals surface area contributed by atoms with E-state index in [0.717, 1.165) is 22.8 Å². The molecule has 2 heterocycles. The quantitative estimate of drug-likeness (QED) is 0.611. The van der Waals surface area contributed by atoms with Gasteiger partial charge in [-0.2, -0.15) is 11.8 Å². The molecule has 0 aliphatic heterocycles. The van der Waals surface area contributed by atoms with E-state index in [9.17, 15) is 4.79 Å². The summed E-state index contributed by atoms with van der Waals surface area (Å²) in [5.74, 6) is 3.15. The fraction of sp³-hybridized carbons (Fsp3) is 0.167. The SMILES string of the molecule is O=C(NCCSCc1ccco1)c1ccc(-c2ccccc2Cl)o1. The first-order valence-electron chi connectivity index (χ1n) is 7.47. The van der Waals surface area contributed by atoms with Gasteiger partial charge in [0.2, 0.25) is 0 Å². The molecule has 0 aliphatic rings. The Balaban J connectivity index is 1.48. The molecule has 2 aromatic heterocycles. The van der Waals surface area contributed by atoms with Gasteiger partial charge in [-0.15, -0.1) is 0 Å². The predicted molar refractivity (Wildman–Crippen MR) is 96.4 cm³/mol. The normalized spacial score (nSPS) is 10.7. The van der Waals surface area contributed by atoms with Crippen LogP contribution in [0.5, 0.6) is 0 Å². The minimum absolute atomic E-state index is 0.230. The number of furan rings is 2. The minimum Gasteiger partial charge on any atom is -0.468 e. The molecule has 1 N–H and O–H groups in total. The van der Waals surface area contributed by atoms with Gasteiger partial charge < -0.3 is 14.2 Å². The number of benzene rings is 1. The van der Waals surface area contributed by atoms with Crippen molar-refractivity contribution in [2.75, 3.05) is 12.3 Å². The third-order valence-corrected chi connectivity index (χ3v) is 4.64. The third kappa shape index (κ3) is 4.24. The van der Waals surface area contributed by atoms with E-state index in [1.165, 1.54) is 0 Å². The molecule has 4 nitrogen and oxygen atoms in total. The van der Waals surface area contributed by atoms with Crippen molar-refractivity contribution in [2.45, 2.75) is 5.75 Å². The molecular formula is C18H16ClNO3S. The Morgan fingerprint density at radius 3 is 2.79 bits per heavy atom. The van der Waals surface area contributed by atoms with Crippen LogP contribution in [0.15, 0.2) is 63.6 Å². The molecule has 0 spiro atoms. The van der Waals surface area contributed by atoms with Crippen molar-refractivity contribution >= 4 is 29.3 Å². The van der Waals surface area contributed by atoms with Gasteiger partial charge in [0, 0.05) is 17.9 Å². The maximum Gasteiger partial charge on any atom is 0.287 e. The summed E-state index contributed by atoms with van der Waals surface area (Å²) in [5, 5.41) is 3.43. The second kappa shape index (κ2) is 8.13. The van der Waals surface area contributed by atoms with Crippen LogP contribution in [0.2, 0.25) is 5.02 Å². The zero-order chi connectivity index (χ0) is 16.8. The van der Waals surface area contributed by atoms with Crippen molar-refractivity contribution in [3.63, 3.8) is 0 Å². The molecule has 3 aromatic rings. The van der Waals surface area contributed by atoms with Crippen LogP contribution in [0.3, 0.4) is 0 Å². The second-order valence-corrected chi connectivity index (χ2v) is 6.54. The van der Waals surface area contributed by atoms with E-state index in [1.54, 1.807) is 36.2 Å². The van der Waals surface area contributed by atoms with E-state index in [4.69, 9.17) is 20.4 Å². The van der Waals surface area contributed by atoms with Crippen molar-refractivity contribution < 1.29 is 13.6 Å². The van der Waals surface area contributed by atoms with Crippen molar-refractivity contribution in [3.8, 4) is 11.3 Å². The van der Waals surface area contributed by atoms with E-state index in [2.05, 4.69) is 5.32 Å². The van der Waals surface area contributed by atoms with Gasteiger partial charge in [0.1, 0.15) is 11.5 Å². The highest BCUT2D eigenvalue weighted by molar-refractivity contribution is 7.98. The van der Waals surface area contributed by atoms with E-state index in [1.807, 2.05) is 30.3 Å². The summed E-state index contributed by atoms with van der Waals surface area (Å²) in [4.78, 5) is 12.1. The molecule has 24 heavy (non-hydrogen) atoms. The molecule has 1 aromatic carbocycles. The summed E-state index contributed by atoms with van der Waals surface area (Å²) >= 11 is 7.83. The van der Waals surface area contributed by atoms with Gasteiger partial charge in [0.25, 0.3) is 5.91 Å². The molecule has 0 unspecified atom stereocenters. The van der Waals surface area contributed by atoms with Gasteiger partial charge >= 0.3 is 0 Å². The monoisotopic (exact) mass is 361 g/mol. The number of amides is 1. The van der Waals surface area contributed by atoms with Crippen LogP contribution >= 0.6 is 23.4 Å². The van der Waals surface area contributed by atoms with Crippen LogP contribution < -0.4 is 5.32 Å². The summed E-state index contributed by atoms with van der Waals surface area (Å²) in [5.41, 5.74) is 0.771. The number of halogens is 1. The molecule has 0 atom stereocenters. The lowest BCUT2D eigenvalue weighted by atomic mass is 10.2. The first-order chi connectivity index (χ1) is 11.7. The van der Waals surface area contributed by atoms with Crippen LogP contribution in [0, 0.1) is 0 Å². The third-order valence-electron chi connectivity index (χ3n) is 3.33. The minimum atomic E-state index is -0.230. The lowest BCUT2D eigenvalue weighted by Gasteiger charge is -2.03. The molecule has 0 bridgehead atoms. The Labute approximate surface area is 149 Å². The number of hydrogen-bond acceptors (Lipinski definition) is 4. The molecule has 0 aliphatic carbocycles. The highest BCUT2D eigenvalue weighted by Gasteiger charge is 2.13. The molecule has 0 saturated heterocycles. The molecule has 1 amide bonds. The fourth-order valence-electron chi connectivity index (χ4n) is 2.16. The zero-order valence-corrected chi connectivity index (χ0v) is 14.4. The summed E-state index contributed by atoms with van der Waals surface area (Å²) in [6.45, 7) is 0.562. The topological polar surface area (TPSA) is 55.4 Å². The van der Waals surface area contributed by atoms with Gasteiger partial charge in [0.05, 0.1) is 17.0 Å². The van der Waals surface area contributed by atoms with Gasteiger partial charge in [0.15, 0.2) is 5.76 Å². The average molecular weight is 362 g/mol. The molecule has 3 rings (SSSR count). The van der Waals surface area contributed by atoms with Crippen LogP contribution in [0.25, 0.3) is 11.3 Å². The Bertz CT molecular complexity index is 798. The van der Waals surface area contributed by atoms with Crippen LogP contribution in [0.1, 0.15) is 16.3 Å². The summed E-state index contributed by atoms with van der Waals surface area (Å²) in [6, 6.07) is 14.6. The van der Waals surface area contributed by atoms with Crippen molar-refractivity contribution in [2.24, 2.45) is 0 Å². The molecule has 0 radical (unpaired) electrons. The molecule has 6 heteroatoms. The highest BCUT2D eigenvalue weighted by Crippen LogP contribution is 2.28. The number of thioether (sulfide) groups is 1. The Kier molecular flexibility index (Phi) is 5.67. The van der Waals surface area contributed by atoms with Gasteiger partial charge in [-0.3, -0.25) is 4.79 Å². The maximum atomic E-state index is 12.1. The number of carbonyl (C=O) groups excluding carboxylic acids is 1. The number of hydrogen-bond donors (Lipinski definition) is 1. The molecule has 0 fully saturated rings. The van der Waals surface area contributed by atoms with E-state index < -0.39 is 0 Å². The lowest BCUT2D eigenvalue weighted by molar-refractivity contribution is 0.0929. The molecule has 0 saturated carbocycles.